The molecule has 2 aromatic rings. The molecule has 0 saturated carbocycles. The average molecular weight is 436 g/mol. The number of fused-ring (bicyclic) bond motifs is 1. The number of nitrogens with two attached hydrogens (primary N) is 1. The standard InChI is InChI=1S/C22H27Cl2N3O2/c1-4-8-29-15(5-2)11-27-12-19-21(22(27)28)20(17(10-25)13(3)26-19)16-7-6-14(23)9-18(16)24/h6-7,9,15H,4-5,8,10-12,25H2,1-3H3. The van der Waals surface area contributed by atoms with Crippen molar-refractivity contribution in [1.82, 2.24) is 9.88 Å². The molecule has 1 atom stereocenters. The van der Waals surface area contributed by atoms with Gasteiger partial charge in [0.25, 0.3) is 5.91 Å². The van der Waals surface area contributed by atoms with Crippen LogP contribution in [-0.2, 0) is 17.8 Å². The van der Waals surface area contributed by atoms with E-state index < -0.39 is 0 Å². The van der Waals surface area contributed by atoms with E-state index in [1.54, 1.807) is 12.1 Å². The fourth-order valence-electron chi connectivity index (χ4n) is 3.77. The molecular formula is C22H27Cl2N3O2. The maximum Gasteiger partial charge on any atom is 0.256 e. The number of nitrogens with zero attached hydrogens (tertiary/aromatic N) is 2. The number of hydrogen-bond donors (Lipinski definition) is 1. The zero-order valence-corrected chi connectivity index (χ0v) is 18.6. The Bertz CT molecular complexity index is 917. The molecule has 5 nitrogen and oxygen atoms in total. The molecule has 1 unspecified atom stereocenters. The van der Waals surface area contributed by atoms with E-state index in [9.17, 15) is 4.79 Å². The van der Waals surface area contributed by atoms with Gasteiger partial charge >= 0.3 is 0 Å². The Hall–Kier alpha value is -1.66. The van der Waals surface area contributed by atoms with Crippen molar-refractivity contribution in [2.45, 2.75) is 52.8 Å². The summed E-state index contributed by atoms with van der Waals surface area (Å²) in [5, 5.41) is 1.03. The molecule has 1 aliphatic heterocycles. The van der Waals surface area contributed by atoms with Crippen LogP contribution >= 0.6 is 23.2 Å². The number of aromatic nitrogens is 1. The van der Waals surface area contributed by atoms with Crippen LogP contribution in [0.1, 0.15) is 54.0 Å². The zero-order chi connectivity index (χ0) is 21.1. The summed E-state index contributed by atoms with van der Waals surface area (Å²) in [7, 11) is 0. The Labute approximate surface area is 182 Å². The predicted molar refractivity (Wildman–Crippen MR) is 117 cm³/mol. The zero-order valence-electron chi connectivity index (χ0n) is 17.1. The molecule has 1 aliphatic rings. The molecule has 2 heterocycles. The molecule has 0 saturated heterocycles. The lowest BCUT2D eigenvalue weighted by atomic mass is 9.93. The van der Waals surface area contributed by atoms with Gasteiger partial charge in [-0.1, -0.05) is 43.1 Å². The van der Waals surface area contributed by atoms with Gasteiger partial charge in [0.15, 0.2) is 0 Å². The summed E-state index contributed by atoms with van der Waals surface area (Å²) < 4.78 is 5.90. The van der Waals surface area contributed by atoms with Crippen molar-refractivity contribution in [2.75, 3.05) is 13.2 Å². The fourth-order valence-corrected chi connectivity index (χ4v) is 4.28. The monoisotopic (exact) mass is 435 g/mol. The molecule has 0 bridgehead atoms. The summed E-state index contributed by atoms with van der Waals surface area (Å²) in [4.78, 5) is 19.9. The van der Waals surface area contributed by atoms with Crippen LogP contribution < -0.4 is 5.73 Å². The van der Waals surface area contributed by atoms with E-state index in [4.69, 9.17) is 38.7 Å². The van der Waals surface area contributed by atoms with Gasteiger partial charge in [-0.3, -0.25) is 9.78 Å². The molecule has 29 heavy (non-hydrogen) atoms. The van der Waals surface area contributed by atoms with Crippen LogP contribution in [0.25, 0.3) is 11.1 Å². The second-order valence-electron chi connectivity index (χ2n) is 7.29. The predicted octanol–water partition coefficient (Wildman–Crippen LogP) is 4.98. The third kappa shape index (κ3) is 4.43. The summed E-state index contributed by atoms with van der Waals surface area (Å²) in [6.45, 7) is 8.02. The highest BCUT2D eigenvalue weighted by atomic mass is 35.5. The molecule has 3 rings (SSSR count). The smallest absolute Gasteiger partial charge is 0.256 e. The fraction of sp³-hybridized carbons (Fsp3) is 0.455. The van der Waals surface area contributed by atoms with Crippen molar-refractivity contribution >= 4 is 29.1 Å². The van der Waals surface area contributed by atoms with Gasteiger partial charge in [-0.25, -0.2) is 0 Å². The van der Waals surface area contributed by atoms with Crippen LogP contribution in [0.3, 0.4) is 0 Å². The molecule has 7 heteroatoms. The largest absolute Gasteiger partial charge is 0.376 e. The molecule has 1 aromatic heterocycles. The second kappa shape index (κ2) is 9.43. The lowest BCUT2D eigenvalue weighted by molar-refractivity contribution is 0.0229. The molecule has 1 aromatic carbocycles. The van der Waals surface area contributed by atoms with E-state index in [1.165, 1.54) is 0 Å². The Balaban J connectivity index is 2.05. The number of carbonyl (C=O) groups is 1. The maximum absolute atomic E-state index is 13.4. The third-order valence-corrected chi connectivity index (χ3v) is 5.81. The van der Waals surface area contributed by atoms with Gasteiger partial charge in [0, 0.05) is 46.6 Å². The number of ether oxygens (including phenoxy) is 1. The van der Waals surface area contributed by atoms with Crippen LogP contribution in [0.4, 0.5) is 0 Å². The quantitative estimate of drug-likeness (QED) is 0.634. The Morgan fingerprint density at radius 1 is 1.28 bits per heavy atom. The minimum absolute atomic E-state index is 0.00542. The lowest BCUT2D eigenvalue weighted by Gasteiger charge is -2.23. The summed E-state index contributed by atoms with van der Waals surface area (Å²) in [6, 6.07) is 5.30. The summed E-state index contributed by atoms with van der Waals surface area (Å²) in [5.41, 5.74) is 10.6. The molecule has 0 fully saturated rings. The molecule has 0 radical (unpaired) electrons. The Morgan fingerprint density at radius 3 is 2.66 bits per heavy atom. The highest BCUT2D eigenvalue weighted by Crippen LogP contribution is 2.39. The normalized spacial score (nSPS) is 14.4. The van der Waals surface area contributed by atoms with Crippen molar-refractivity contribution in [1.29, 1.82) is 0 Å². The Morgan fingerprint density at radius 2 is 2.03 bits per heavy atom. The summed E-state index contributed by atoms with van der Waals surface area (Å²) in [5.74, 6) is -0.0539. The van der Waals surface area contributed by atoms with Crippen LogP contribution in [0.2, 0.25) is 10.0 Å². The number of amides is 1. The van der Waals surface area contributed by atoms with Crippen molar-refractivity contribution in [2.24, 2.45) is 5.73 Å². The number of halogens is 2. The van der Waals surface area contributed by atoms with Crippen LogP contribution in [0, 0.1) is 6.92 Å². The second-order valence-corrected chi connectivity index (χ2v) is 8.13. The van der Waals surface area contributed by atoms with Crippen LogP contribution in [-0.4, -0.2) is 35.0 Å². The molecule has 0 aliphatic carbocycles. The molecule has 156 valence electrons. The molecular weight excluding hydrogens is 409 g/mol. The maximum atomic E-state index is 13.4. The van der Waals surface area contributed by atoms with Gasteiger partial charge in [-0.2, -0.15) is 0 Å². The van der Waals surface area contributed by atoms with Crippen molar-refractivity contribution in [3.63, 3.8) is 0 Å². The molecule has 2 N–H and O–H groups in total. The number of aryl methyl sites for hydroxylation is 1. The van der Waals surface area contributed by atoms with Gasteiger partial charge in [-0.05, 0) is 37.5 Å². The van der Waals surface area contributed by atoms with Gasteiger partial charge in [0.1, 0.15) is 0 Å². The first kappa shape index (κ1) is 22.0. The van der Waals surface area contributed by atoms with E-state index in [1.807, 2.05) is 17.9 Å². The summed E-state index contributed by atoms with van der Waals surface area (Å²) in [6.07, 6.45) is 1.80. The first-order chi connectivity index (χ1) is 13.9. The van der Waals surface area contributed by atoms with E-state index in [2.05, 4.69) is 13.8 Å². The first-order valence-corrected chi connectivity index (χ1v) is 10.7. The number of hydrogen-bond acceptors (Lipinski definition) is 4. The van der Waals surface area contributed by atoms with Gasteiger partial charge in [0.2, 0.25) is 0 Å². The highest BCUT2D eigenvalue weighted by Gasteiger charge is 2.35. The lowest BCUT2D eigenvalue weighted by Crippen LogP contribution is -2.34. The number of benzene rings is 1. The van der Waals surface area contributed by atoms with E-state index in [0.29, 0.717) is 35.3 Å². The van der Waals surface area contributed by atoms with Crippen molar-refractivity contribution in [3.05, 3.63) is 50.8 Å². The number of rotatable bonds is 8. The van der Waals surface area contributed by atoms with E-state index in [0.717, 1.165) is 40.9 Å². The average Bonchev–Trinajstić information content (AvgIpc) is 2.99. The van der Waals surface area contributed by atoms with Gasteiger partial charge in [0.05, 0.1) is 23.9 Å². The van der Waals surface area contributed by atoms with E-state index in [-0.39, 0.29) is 18.6 Å². The summed E-state index contributed by atoms with van der Waals surface area (Å²) >= 11 is 12.6. The molecule has 1 amide bonds. The van der Waals surface area contributed by atoms with Crippen LogP contribution in [0.5, 0.6) is 0 Å². The minimum Gasteiger partial charge on any atom is -0.376 e. The third-order valence-electron chi connectivity index (χ3n) is 5.26. The van der Waals surface area contributed by atoms with Crippen molar-refractivity contribution in [3.8, 4) is 11.1 Å². The van der Waals surface area contributed by atoms with Gasteiger partial charge < -0.3 is 15.4 Å². The first-order valence-electron chi connectivity index (χ1n) is 9.99. The molecule has 0 spiro atoms. The topological polar surface area (TPSA) is 68.4 Å². The van der Waals surface area contributed by atoms with E-state index >= 15 is 0 Å². The van der Waals surface area contributed by atoms with Crippen LogP contribution in [0.15, 0.2) is 18.2 Å². The van der Waals surface area contributed by atoms with Gasteiger partial charge in [-0.15, -0.1) is 0 Å². The van der Waals surface area contributed by atoms with Crippen molar-refractivity contribution < 1.29 is 9.53 Å². The highest BCUT2D eigenvalue weighted by molar-refractivity contribution is 6.36. The SMILES string of the molecule is CCCOC(CC)CN1Cc2nc(C)c(CN)c(-c3ccc(Cl)cc3Cl)c2C1=O. The minimum atomic E-state index is -0.0539. The Kier molecular flexibility index (Phi) is 7.17. The number of carbonyl (C=O) groups excluding carboxylic acids is 1. The number of pyridine rings is 1.